The van der Waals surface area contributed by atoms with Gasteiger partial charge in [-0.15, -0.1) is 0 Å². The average molecular weight is 216 g/mol. The molecule has 2 atom stereocenters. The molecule has 90 valence electrons. The minimum atomic E-state index is -0.858. The number of aliphatic hydroxyl groups is 1. The number of carbonyl (C=O) groups is 1. The van der Waals surface area contributed by atoms with Gasteiger partial charge in [0.2, 0.25) is 5.91 Å². The molecule has 0 saturated heterocycles. The highest BCUT2D eigenvalue weighted by atomic mass is 16.3. The quantitative estimate of drug-likeness (QED) is 0.707. The lowest BCUT2D eigenvalue weighted by Gasteiger charge is -2.31. The first-order chi connectivity index (χ1) is 6.69. The molecule has 0 rings (SSSR count). The Balaban J connectivity index is 4.48. The van der Waals surface area contributed by atoms with E-state index in [1.165, 1.54) is 0 Å². The second-order valence-corrected chi connectivity index (χ2v) is 4.81. The molecule has 0 aliphatic rings. The highest BCUT2D eigenvalue weighted by molar-refractivity contribution is 5.79. The van der Waals surface area contributed by atoms with Crippen molar-refractivity contribution in [3.63, 3.8) is 0 Å². The van der Waals surface area contributed by atoms with Crippen LogP contribution in [-0.2, 0) is 4.79 Å². The van der Waals surface area contributed by atoms with E-state index in [2.05, 4.69) is 0 Å². The summed E-state index contributed by atoms with van der Waals surface area (Å²) in [6.07, 6.45) is 0. The van der Waals surface area contributed by atoms with Crippen LogP contribution in [0.5, 0.6) is 0 Å². The number of rotatable bonds is 5. The highest BCUT2D eigenvalue weighted by Gasteiger charge is 2.26. The molecule has 0 aromatic heterocycles. The molecule has 0 spiro atoms. The minimum Gasteiger partial charge on any atom is -0.389 e. The average Bonchev–Trinajstić information content (AvgIpc) is 2.10. The van der Waals surface area contributed by atoms with E-state index in [1.807, 2.05) is 20.8 Å². The van der Waals surface area contributed by atoms with Gasteiger partial charge in [0.15, 0.2) is 0 Å². The fourth-order valence-corrected chi connectivity index (χ4v) is 1.33. The second-order valence-electron chi connectivity index (χ2n) is 4.81. The Morgan fingerprint density at radius 2 is 1.93 bits per heavy atom. The van der Waals surface area contributed by atoms with E-state index in [0.29, 0.717) is 13.1 Å². The first-order valence-corrected chi connectivity index (χ1v) is 5.45. The maximum Gasteiger partial charge on any atom is 0.227 e. The van der Waals surface area contributed by atoms with Gasteiger partial charge >= 0.3 is 0 Å². The summed E-state index contributed by atoms with van der Waals surface area (Å²) in [5.41, 5.74) is 4.83. The molecule has 0 aliphatic carbocycles. The molecule has 3 N–H and O–H groups in total. The largest absolute Gasteiger partial charge is 0.389 e. The van der Waals surface area contributed by atoms with Crippen molar-refractivity contribution in [1.82, 2.24) is 4.90 Å². The van der Waals surface area contributed by atoms with E-state index in [9.17, 15) is 9.90 Å². The SMILES string of the molecule is CCN(CC(C)(C)O)C(=O)C(C)C(C)N. The summed E-state index contributed by atoms with van der Waals surface area (Å²) in [7, 11) is 0. The van der Waals surface area contributed by atoms with Crippen molar-refractivity contribution in [2.45, 2.75) is 46.3 Å². The Labute approximate surface area is 92.4 Å². The fraction of sp³-hybridized carbons (Fsp3) is 0.909. The van der Waals surface area contributed by atoms with Crippen molar-refractivity contribution >= 4 is 5.91 Å². The van der Waals surface area contributed by atoms with E-state index in [4.69, 9.17) is 5.73 Å². The van der Waals surface area contributed by atoms with Crippen LogP contribution < -0.4 is 5.73 Å². The van der Waals surface area contributed by atoms with E-state index in [1.54, 1.807) is 18.7 Å². The summed E-state index contributed by atoms with van der Waals surface area (Å²) in [5.74, 6) is -0.193. The van der Waals surface area contributed by atoms with Crippen LogP contribution in [0.1, 0.15) is 34.6 Å². The second kappa shape index (κ2) is 5.47. The minimum absolute atomic E-state index is 0.00891. The van der Waals surface area contributed by atoms with Gasteiger partial charge in [-0.1, -0.05) is 6.92 Å². The van der Waals surface area contributed by atoms with Crippen LogP contribution >= 0.6 is 0 Å². The standard InChI is InChI=1S/C11H24N2O2/c1-6-13(7-11(4,5)15)10(14)8(2)9(3)12/h8-9,15H,6-7,12H2,1-5H3. The number of hydrogen-bond donors (Lipinski definition) is 2. The van der Waals surface area contributed by atoms with Gasteiger partial charge in [0, 0.05) is 19.1 Å². The Bertz CT molecular complexity index is 209. The van der Waals surface area contributed by atoms with Crippen LogP contribution in [0, 0.1) is 5.92 Å². The molecule has 15 heavy (non-hydrogen) atoms. The Kier molecular flexibility index (Phi) is 5.24. The lowest BCUT2D eigenvalue weighted by atomic mass is 10.0. The van der Waals surface area contributed by atoms with Gasteiger partial charge in [-0.05, 0) is 27.7 Å². The highest BCUT2D eigenvalue weighted by Crippen LogP contribution is 2.10. The molecule has 2 unspecified atom stereocenters. The van der Waals surface area contributed by atoms with Crippen LogP contribution in [0.3, 0.4) is 0 Å². The Morgan fingerprint density at radius 1 is 1.47 bits per heavy atom. The van der Waals surface area contributed by atoms with Gasteiger partial charge in [-0.25, -0.2) is 0 Å². The molecule has 0 aliphatic heterocycles. The number of hydrogen-bond acceptors (Lipinski definition) is 3. The van der Waals surface area contributed by atoms with Crippen molar-refractivity contribution in [1.29, 1.82) is 0 Å². The topological polar surface area (TPSA) is 66.6 Å². The van der Waals surface area contributed by atoms with Crippen LogP contribution in [-0.4, -0.2) is 40.6 Å². The molecule has 4 heteroatoms. The number of nitrogens with two attached hydrogens (primary N) is 1. The zero-order valence-corrected chi connectivity index (χ0v) is 10.4. The third-order valence-electron chi connectivity index (χ3n) is 2.45. The summed E-state index contributed by atoms with van der Waals surface area (Å²) < 4.78 is 0. The van der Waals surface area contributed by atoms with Gasteiger partial charge in [0.25, 0.3) is 0 Å². The predicted molar refractivity (Wildman–Crippen MR) is 61.4 cm³/mol. The normalized spacial score (nSPS) is 15.9. The van der Waals surface area contributed by atoms with Gasteiger partial charge in [0.05, 0.1) is 11.5 Å². The summed E-state index contributed by atoms with van der Waals surface area (Å²) in [4.78, 5) is 13.6. The van der Waals surface area contributed by atoms with Crippen molar-refractivity contribution in [2.24, 2.45) is 11.7 Å². The lowest BCUT2D eigenvalue weighted by molar-refractivity contribution is -0.138. The molecule has 0 aromatic carbocycles. The van der Waals surface area contributed by atoms with Gasteiger partial charge in [-0.2, -0.15) is 0 Å². The van der Waals surface area contributed by atoms with E-state index in [0.717, 1.165) is 0 Å². The molecular formula is C11H24N2O2. The van der Waals surface area contributed by atoms with Crippen LogP contribution in [0.2, 0.25) is 0 Å². The number of likely N-dealkylation sites (N-methyl/N-ethyl adjacent to an activating group) is 1. The summed E-state index contributed by atoms with van der Waals surface area (Å²) >= 11 is 0. The third kappa shape index (κ3) is 5.14. The summed E-state index contributed by atoms with van der Waals surface area (Å²) in [5, 5.41) is 9.66. The van der Waals surface area contributed by atoms with Crippen molar-refractivity contribution in [2.75, 3.05) is 13.1 Å². The van der Waals surface area contributed by atoms with Crippen LogP contribution in [0.25, 0.3) is 0 Å². The van der Waals surface area contributed by atoms with Crippen molar-refractivity contribution in [3.8, 4) is 0 Å². The third-order valence-corrected chi connectivity index (χ3v) is 2.45. The zero-order chi connectivity index (χ0) is 12.2. The molecule has 4 nitrogen and oxygen atoms in total. The smallest absolute Gasteiger partial charge is 0.227 e. The first-order valence-electron chi connectivity index (χ1n) is 5.45. The number of amides is 1. The van der Waals surface area contributed by atoms with Gasteiger partial charge < -0.3 is 15.7 Å². The molecule has 0 heterocycles. The molecule has 0 radical (unpaired) electrons. The maximum atomic E-state index is 11.9. The van der Waals surface area contributed by atoms with E-state index < -0.39 is 5.60 Å². The van der Waals surface area contributed by atoms with Crippen molar-refractivity contribution in [3.05, 3.63) is 0 Å². The Morgan fingerprint density at radius 3 is 2.20 bits per heavy atom. The number of carbonyl (C=O) groups excluding carboxylic acids is 1. The maximum absolute atomic E-state index is 11.9. The summed E-state index contributed by atoms with van der Waals surface area (Å²) in [6, 6.07) is -0.159. The molecule has 0 fully saturated rings. The lowest BCUT2D eigenvalue weighted by Crippen LogP contribution is -2.47. The fourth-order valence-electron chi connectivity index (χ4n) is 1.33. The Hall–Kier alpha value is -0.610. The van der Waals surface area contributed by atoms with Gasteiger partial charge in [0.1, 0.15) is 0 Å². The monoisotopic (exact) mass is 216 g/mol. The first kappa shape index (κ1) is 14.4. The molecule has 0 saturated carbocycles. The molecule has 0 bridgehead atoms. The zero-order valence-electron chi connectivity index (χ0n) is 10.4. The van der Waals surface area contributed by atoms with E-state index >= 15 is 0 Å². The van der Waals surface area contributed by atoms with E-state index in [-0.39, 0.29) is 17.9 Å². The molecule has 0 aromatic rings. The molecule has 1 amide bonds. The van der Waals surface area contributed by atoms with Crippen molar-refractivity contribution < 1.29 is 9.90 Å². The molecular weight excluding hydrogens is 192 g/mol. The van der Waals surface area contributed by atoms with Gasteiger partial charge in [-0.3, -0.25) is 4.79 Å². The van der Waals surface area contributed by atoms with Crippen LogP contribution in [0.15, 0.2) is 0 Å². The number of nitrogens with zero attached hydrogens (tertiary/aromatic N) is 1. The predicted octanol–water partition coefficient (Wildman–Crippen LogP) is 0.589. The van der Waals surface area contributed by atoms with Crippen LogP contribution in [0.4, 0.5) is 0 Å². The summed E-state index contributed by atoms with van der Waals surface area (Å²) in [6.45, 7) is 9.87.